The van der Waals surface area contributed by atoms with Gasteiger partial charge in [-0.15, -0.1) is 0 Å². The second-order valence-corrected chi connectivity index (χ2v) is 4.79. The van der Waals surface area contributed by atoms with Crippen molar-refractivity contribution in [2.24, 2.45) is 5.73 Å². The molecule has 0 bridgehead atoms. The topological polar surface area (TPSA) is 38.5 Å². The van der Waals surface area contributed by atoms with Crippen LogP contribution < -0.4 is 10.6 Å². The molecular weight excluding hydrogens is 250 g/mol. The van der Waals surface area contributed by atoms with E-state index in [4.69, 9.17) is 10.5 Å². The fraction of sp³-hybridized carbons (Fsp3) is 0.571. The highest BCUT2D eigenvalue weighted by molar-refractivity contribution is 5.50. The van der Waals surface area contributed by atoms with Crippen LogP contribution in [0.1, 0.15) is 19.4 Å². The van der Waals surface area contributed by atoms with Gasteiger partial charge in [-0.2, -0.15) is 0 Å². The Bertz CT molecular complexity index is 387. The largest absolute Gasteiger partial charge is 0.377 e. The van der Waals surface area contributed by atoms with Gasteiger partial charge in [-0.25, -0.2) is 8.78 Å². The highest BCUT2D eigenvalue weighted by atomic mass is 19.1. The van der Waals surface area contributed by atoms with Crippen LogP contribution in [-0.2, 0) is 11.2 Å². The normalized spacial score (nSPS) is 11.1. The summed E-state index contributed by atoms with van der Waals surface area (Å²) < 4.78 is 33.2. The predicted octanol–water partition coefficient (Wildman–Crippen LogP) is 2.33. The molecule has 1 aromatic rings. The minimum Gasteiger partial charge on any atom is -0.377 e. The third-order valence-electron chi connectivity index (χ3n) is 2.77. The molecule has 5 heteroatoms. The summed E-state index contributed by atoms with van der Waals surface area (Å²) in [6.45, 7) is 5.07. The molecule has 0 aliphatic carbocycles. The van der Waals surface area contributed by atoms with E-state index in [0.29, 0.717) is 31.7 Å². The van der Waals surface area contributed by atoms with E-state index in [1.54, 1.807) is 7.05 Å². The molecule has 1 rings (SSSR count). The molecule has 108 valence electrons. The van der Waals surface area contributed by atoms with Crippen molar-refractivity contribution in [1.29, 1.82) is 0 Å². The quantitative estimate of drug-likeness (QED) is 0.828. The van der Waals surface area contributed by atoms with Crippen molar-refractivity contribution < 1.29 is 13.5 Å². The van der Waals surface area contributed by atoms with Crippen molar-refractivity contribution in [2.45, 2.75) is 26.4 Å². The van der Waals surface area contributed by atoms with Gasteiger partial charge >= 0.3 is 0 Å². The van der Waals surface area contributed by atoms with Crippen molar-refractivity contribution in [2.75, 3.05) is 31.6 Å². The number of hydrogen-bond donors (Lipinski definition) is 1. The zero-order valence-corrected chi connectivity index (χ0v) is 11.7. The number of hydrogen-bond acceptors (Lipinski definition) is 3. The Morgan fingerprint density at radius 3 is 2.32 bits per heavy atom. The maximum atomic E-state index is 13.9. The van der Waals surface area contributed by atoms with Crippen LogP contribution in [0, 0.1) is 11.6 Å². The molecule has 2 N–H and O–H groups in total. The molecular formula is C14H22F2N2O. The molecule has 0 radical (unpaired) electrons. The fourth-order valence-electron chi connectivity index (χ4n) is 1.83. The lowest BCUT2D eigenvalue weighted by atomic mass is 10.1. The summed E-state index contributed by atoms with van der Waals surface area (Å²) in [4.78, 5) is 1.53. The van der Waals surface area contributed by atoms with Gasteiger partial charge in [0.2, 0.25) is 0 Å². The van der Waals surface area contributed by atoms with Crippen LogP contribution >= 0.6 is 0 Å². The molecule has 0 amide bonds. The zero-order valence-electron chi connectivity index (χ0n) is 11.7. The molecule has 0 fully saturated rings. The summed E-state index contributed by atoms with van der Waals surface area (Å²) in [7, 11) is 1.65. The van der Waals surface area contributed by atoms with Gasteiger partial charge in [-0.1, -0.05) is 0 Å². The SMILES string of the molecule is CC(C)OCCN(C)c1c(F)cc(CCN)cc1F. The highest BCUT2D eigenvalue weighted by Crippen LogP contribution is 2.24. The van der Waals surface area contributed by atoms with E-state index in [1.807, 2.05) is 13.8 Å². The first-order valence-corrected chi connectivity index (χ1v) is 6.46. The van der Waals surface area contributed by atoms with Gasteiger partial charge in [-0.05, 0) is 44.5 Å². The van der Waals surface area contributed by atoms with E-state index < -0.39 is 11.6 Å². The van der Waals surface area contributed by atoms with Crippen LogP contribution in [0.2, 0.25) is 0 Å². The Balaban J connectivity index is 2.76. The molecule has 0 unspecified atom stereocenters. The number of ether oxygens (including phenoxy) is 1. The minimum atomic E-state index is -0.560. The summed E-state index contributed by atoms with van der Waals surface area (Å²) in [5.74, 6) is -1.12. The second-order valence-electron chi connectivity index (χ2n) is 4.79. The van der Waals surface area contributed by atoms with E-state index in [-0.39, 0.29) is 11.8 Å². The average molecular weight is 272 g/mol. The lowest BCUT2D eigenvalue weighted by molar-refractivity contribution is 0.0845. The maximum absolute atomic E-state index is 13.9. The van der Waals surface area contributed by atoms with Crippen LogP contribution in [0.15, 0.2) is 12.1 Å². The van der Waals surface area contributed by atoms with Gasteiger partial charge in [0, 0.05) is 13.6 Å². The lowest BCUT2D eigenvalue weighted by Crippen LogP contribution is -2.26. The summed E-state index contributed by atoms with van der Waals surface area (Å²) >= 11 is 0. The van der Waals surface area contributed by atoms with E-state index >= 15 is 0 Å². The van der Waals surface area contributed by atoms with Gasteiger partial charge in [0.15, 0.2) is 0 Å². The standard InChI is InChI=1S/C14H22F2N2O/c1-10(2)19-7-6-18(3)14-12(15)8-11(4-5-17)9-13(14)16/h8-10H,4-7,17H2,1-3H3. The van der Waals surface area contributed by atoms with E-state index in [0.717, 1.165) is 0 Å². The van der Waals surface area contributed by atoms with Crippen LogP contribution in [0.25, 0.3) is 0 Å². The van der Waals surface area contributed by atoms with E-state index in [1.165, 1.54) is 17.0 Å². The summed E-state index contributed by atoms with van der Waals surface area (Å²) in [6.07, 6.45) is 0.573. The first kappa shape index (κ1) is 15.9. The van der Waals surface area contributed by atoms with Crippen LogP contribution in [0.3, 0.4) is 0 Å². The third-order valence-corrected chi connectivity index (χ3v) is 2.77. The fourth-order valence-corrected chi connectivity index (χ4v) is 1.83. The Labute approximate surface area is 113 Å². The minimum absolute atomic E-state index is 0.0203. The molecule has 3 nitrogen and oxygen atoms in total. The Morgan fingerprint density at radius 2 is 1.84 bits per heavy atom. The Hall–Kier alpha value is -1.20. The van der Waals surface area contributed by atoms with E-state index in [2.05, 4.69) is 0 Å². The number of likely N-dealkylation sites (N-methyl/N-ethyl adjacent to an activating group) is 1. The molecule has 0 heterocycles. The summed E-state index contributed by atoms with van der Waals surface area (Å²) in [5, 5.41) is 0. The van der Waals surface area contributed by atoms with Gasteiger partial charge in [-0.3, -0.25) is 0 Å². The smallest absolute Gasteiger partial charge is 0.149 e. The van der Waals surface area contributed by atoms with Gasteiger partial charge in [0.25, 0.3) is 0 Å². The van der Waals surface area contributed by atoms with Crippen molar-refractivity contribution in [3.05, 3.63) is 29.3 Å². The van der Waals surface area contributed by atoms with Crippen LogP contribution in [0.5, 0.6) is 0 Å². The first-order chi connectivity index (χ1) is 8.95. The van der Waals surface area contributed by atoms with Crippen LogP contribution in [0.4, 0.5) is 14.5 Å². The molecule has 0 atom stereocenters. The highest BCUT2D eigenvalue weighted by Gasteiger charge is 2.15. The molecule has 19 heavy (non-hydrogen) atoms. The molecule has 0 saturated carbocycles. The Kier molecular flexibility index (Phi) is 6.18. The molecule has 0 aromatic heterocycles. The number of anilines is 1. The molecule has 0 spiro atoms. The van der Waals surface area contributed by atoms with Crippen molar-refractivity contribution >= 4 is 5.69 Å². The lowest BCUT2D eigenvalue weighted by Gasteiger charge is -2.21. The van der Waals surface area contributed by atoms with Gasteiger partial charge < -0.3 is 15.4 Å². The molecule has 0 aliphatic rings. The van der Waals surface area contributed by atoms with Crippen molar-refractivity contribution in [3.63, 3.8) is 0 Å². The summed E-state index contributed by atoms with van der Waals surface area (Å²) in [6, 6.07) is 2.68. The first-order valence-electron chi connectivity index (χ1n) is 6.46. The monoisotopic (exact) mass is 272 g/mol. The number of nitrogens with zero attached hydrogens (tertiary/aromatic N) is 1. The average Bonchev–Trinajstić information content (AvgIpc) is 2.27. The molecule has 1 aromatic carbocycles. The van der Waals surface area contributed by atoms with Crippen LogP contribution in [-0.4, -0.2) is 32.8 Å². The third kappa shape index (κ3) is 4.76. The number of rotatable bonds is 7. The van der Waals surface area contributed by atoms with Gasteiger partial charge in [0.1, 0.15) is 17.3 Å². The zero-order chi connectivity index (χ0) is 14.4. The number of halogens is 2. The van der Waals surface area contributed by atoms with Crippen molar-refractivity contribution in [3.8, 4) is 0 Å². The molecule has 0 saturated heterocycles. The van der Waals surface area contributed by atoms with Crippen molar-refractivity contribution in [1.82, 2.24) is 0 Å². The Morgan fingerprint density at radius 1 is 1.26 bits per heavy atom. The summed E-state index contributed by atoms with van der Waals surface area (Å²) in [5.41, 5.74) is 5.94. The predicted molar refractivity (Wildman–Crippen MR) is 73.5 cm³/mol. The second kappa shape index (κ2) is 7.40. The molecule has 0 aliphatic heterocycles. The number of nitrogens with two attached hydrogens (primary N) is 1. The maximum Gasteiger partial charge on any atom is 0.149 e. The van der Waals surface area contributed by atoms with Gasteiger partial charge in [0.05, 0.1) is 12.7 Å². The van der Waals surface area contributed by atoms with E-state index in [9.17, 15) is 8.78 Å². The number of benzene rings is 1.